The van der Waals surface area contributed by atoms with Crippen molar-refractivity contribution in [3.05, 3.63) is 79.8 Å². The number of benzene rings is 2. The molecule has 4 rings (SSSR count). The number of allylic oxidation sites excluding steroid dienone is 2. The first-order valence-electron chi connectivity index (χ1n) is 7.71. The maximum atomic E-state index is 11.2. The summed E-state index contributed by atoms with van der Waals surface area (Å²) in [5.74, 6) is 0.566. The van der Waals surface area contributed by atoms with Gasteiger partial charge in [0.2, 0.25) is 0 Å². The average molecular weight is 361 g/mol. The second-order valence-electron chi connectivity index (χ2n) is 6.15. The van der Waals surface area contributed by atoms with Crippen LogP contribution in [0, 0.1) is 16.0 Å². The molecule has 0 spiro atoms. The van der Waals surface area contributed by atoms with Gasteiger partial charge in [0, 0.05) is 12.0 Å². The first-order valence-corrected chi connectivity index (χ1v) is 8.47. The lowest BCUT2D eigenvalue weighted by Crippen LogP contribution is -2.29. The van der Waals surface area contributed by atoms with Crippen LogP contribution in [-0.4, -0.2) is 4.92 Å². The van der Waals surface area contributed by atoms with Crippen LogP contribution < -0.4 is 5.32 Å². The van der Waals surface area contributed by atoms with Gasteiger partial charge >= 0.3 is 0 Å². The minimum atomic E-state index is -0.444. The molecular formula is C18H14Cl2N2O2. The Morgan fingerprint density at radius 2 is 2.00 bits per heavy atom. The Hall–Kier alpha value is -2.04. The molecule has 1 N–H and O–H groups in total. The Balaban J connectivity index is 1.81. The van der Waals surface area contributed by atoms with Crippen molar-refractivity contribution in [1.29, 1.82) is 0 Å². The van der Waals surface area contributed by atoms with Gasteiger partial charge in [-0.3, -0.25) is 10.1 Å². The highest BCUT2D eigenvalue weighted by Crippen LogP contribution is 2.51. The van der Waals surface area contributed by atoms with Crippen LogP contribution in [0.1, 0.15) is 29.5 Å². The monoisotopic (exact) mass is 360 g/mol. The summed E-state index contributed by atoms with van der Waals surface area (Å²) in [5.41, 5.74) is 2.88. The van der Waals surface area contributed by atoms with E-state index >= 15 is 0 Å². The third kappa shape index (κ3) is 2.38. The lowest BCUT2D eigenvalue weighted by Gasteiger charge is -2.37. The van der Waals surface area contributed by atoms with Crippen molar-refractivity contribution >= 4 is 34.6 Å². The zero-order valence-corrected chi connectivity index (χ0v) is 14.1. The molecule has 1 aliphatic heterocycles. The second-order valence-corrected chi connectivity index (χ2v) is 6.96. The summed E-state index contributed by atoms with van der Waals surface area (Å²) in [7, 11) is 0. The maximum absolute atomic E-state index is 11.2. The molecule has 3 unspecified atom stereocenters. The number of fused-ring (bicyclic) bond motifs is 3. The third-order valence-corrected chi connectivity index (χ3v) is 5.51. The van der Waals surface area contributed by atoms with E-state index in [0.717, 1.165) is 17.7 Å². The van der Waals surface area contributed by atoms with Gasteiger partial charge in [0.1, 0.15) is 5.02 Å². The van der Waals surface area contributed by atoms with Gasteiger partial charge in [0.15, 0.2) is 0 Å². The third-order valence-electron chi connectivity index (χ3n) is 4.87. The number of nitrogens with one attached hydrogen (secondary N) is 1. The van der Waals surface area contributed by atoms with E-state index < -0.39 is 4.92 Å². The summed E-state index contributed by atoms with van der Waals surface area (Å²) in [6, 6.07) is 10.9. The fourth-order valence-electron chi connectivity index (χ4n) is 3.78. The van der Waals surface area contributed by atoms with Crippen LogP contribution in [0.2, 0.25) is 10.0 Å². The molecule has 0 saturated carbocycles. The summed E-state index contributed by atoms with van der Waals surface area (Å²) >= 11 is 12.3. The van der Waals surface area contributed by atoms with Crippen LogP contribution in [0.25, 0.3) is 0 Å². The van der Waals surface area contributed by atoms with Crippen molar-refractivity contribution < 1.29 is 4.92 Å². The minimum Gasteiger partial charge on any atom is -0.376 e. The number of anilines is 1. The normalized spacial score (nSPS) is 24.2. The molecule has 3 atom stereocenters. The predicted octanol–water partition coefficient (Wildman–Crippen LogP) is 5.73. The summed E-state index contributed by atoms with van der Waals surface area (Å²) in [4.78, 5) is 10.8. The van der Waals surface area contributed by atoms with Gasteiger partial charge in [0.05, 0.1) is 21.7 Å². The Labute approximate surface area is 149 Å². The number of hydrogen-bond donors (Lipinski definition) is 1. The summed E-state index contributed by atoms with van der Waals surface area (Å²) < 4.78 is 0. The van der Waals surface area contributed by atoms with E-state index in [4.69, 9.17) is 23.2 Å². The topological polar surface area (TPSA) is 55.2 Å². The van der Waals surface area contributed by atoms with E-state index in [2.05, 4.69) is 23.5 Å². The molecule has 4 nitrogen and oxygen atoms in total. The Morgan fingerprint density at radius 1 is 1.17 bits per heavy atom. The Kier molecular flexibility index (Phi) is 3.74. The zero-order chi connectivity index (χ0) is 16.8. The molecule has 0 aromatic heterocycles. The Morgan fingerprint density at radius 3 is 2.79 bits per heavy atom. The molecule has 122 valence electrons. The predicted molar refractivity (Wildman–Crippen MR) is 95.9 cm³/mol. The van der Waals surface area contributed by atoms with Crippen molar-refractivity contribution in [1.82, 2.24) is 0 Å². The number of hydrogen-bond acceptors (Lipinski definition) is 3. The average Bonchev–Trinajstić information content (AvgIpc) is 3.05. The molecule has 2 aliphatic rings. The van der Waals surface area contributed by atoms with Crippen LogP contribution in [-0.2, 0) is 0 Å². The quantitative estimate of drug-likeness (QED) is 0.422. The fourth-order valence-corrected chi connectivity index (χ4v) is 4.20. The summed E-state index contributed by atoms with van der Waals surface area (Å²) in [5, 5.41) is 15.5. The highest BCUT2D eigenvalue weighted by molar-refractivity contribution is 6.33. The molecule has 0 radical (unpaired) electrons. The molecule has 0 saturated heterocycles. The molecular weight excluding hydrogens is 347 g/mol. The van der Waals surface area contributed by atoms with Gasteiger partial charge in [-0.2, -0.15) is 0 Å². The standard InChI is InChI=1S/C18H14Cl2N2O2/c19-14-8-7-10(9-16(14)22(23)24)17-12-4-1-3-11(12)13-5-2-6-15(20)18(13)21-17/h1-3,5-9,11-12,17,21H,4H2. The van der Waals surface area contributed by atoms with E-state index in [9.17, 15) is 10.1 Å². The lowest BCUT2D eigenvalue weighted by molar-refractivity contribution is -0.384. The van der Waals surface area contributed by atoms with Gasteiger partial charge in [-0.25, -0.2) is 0 Å². The lowest BCUT2D eigenvalue weighted by atomic mass is 9.77. The zero-order valence-electron chi connectivity index (χ0n) is 12.6. The first kappa shape index (κ1) is 15.5. The van der Waals surface area contributed by atoms with Gasteiger partial charge in [-0.15, -0.1) is 0 Å². The SMILES string of the molecule is O=[N+]([O-])c1cc(C2Nc3c(Cl)cccc3C3C=CCC32)ccc1Cl. The van der Waals surface area contributed by atoms with Crippen molar-refractivity contribution in [2.75, 3.05) is 5.32 Å². The molecule has 1 aliphatic carbocycles. The molecule has 0 bridgehead atoms. The van der Waals surface area contributed by atoms with Gasteiger partial charge in [-0.05, 0) is 35.6 Å². The van der Waals surface area contributed by atoms with Crippen molar-refractivity contribution in [3.63, 3.8) is 0 Å². The van der Waals surface area contributed by atoms with Gasteiger partial charge < -0.3 is 5.32 Å². The van der Waals surface area contributed by atoms with Crippen molar-refractivity contribution in [3.8, 4) is 0 Å². The number of halogens is 2. The molecule has 2 aromatic rings. The number of nitrogens with zero attached hydrogens (tertiary/aromatic N) is 1. The maximum Gasteiger partial charge on any atom is 0.288 e. The highest BCUT2D eigenvalue weighted by atomic mass is 35.5. The van der Waals surface area contributed by atoms with Crippen LogP contribution in [0.15, 0.2) is 48.6 Å². The molecule has 24 heavy (non-hydrogen) atoms. The van der Waals surface area contributed by atoms with Gasteiger partial charge in [0.25, 0.3) is 5.69 Å². The summed E-state index contributed by atoms with van der Waals surface area (Å²) in [6.45, 7) is 0. The summed E-state index contributed by atoms with van der Waals surface area (Å²) in [6.07, 6.45) is 5.30. The molecule has 0 fully saturated rings. The second kappa shape index (κ2) is 5.80. The largest absolute Gasteiger partial charge is 0.376 e. The minimum absolute atomic E-state index is 0.0478. The van der Waals surface area contributed by atoms with E-state index in [-0.39, 0.29) is 22.7 Å². The number of nitro groups is 1. The van der Waals surface area contributed by atoms with Crippen LogP contribution >= 0.6 is 23.2 Å². The number of rotatable bonds is 2. The number of nitro benzene ring substituents is 1. The smallest absolute Gasteiger partial charge is 0.288 e. The fraction of sp³-hybridized carbons (Fsp3) is 0.222. The number of para-hydroxylation sites is 1. The van der Waals surface area contributed by atoms with Crippen molar-refractivity contribution in [2.45, 2.75) is 18.4 Å². The van der Waals surface area contributed by atoms with Crippen LogP contribution in [0.4, 0.5) is 11.4 Å². The van der Waals surface area contributed by atoms with E-state index in [0.29, 0.717) is 10.9 Å². The molecule has 6 heteroatoms. The first-order chi connectivity index (χ1) is 11.6. The van der Waals surface area contributed by atoms with E-state index in [1.807, 2.05) is 18.2 Å². The molecule has 0 amide bonds. The highest BCUT2D eigenvalue weighted by Gasteiger charge is 2.39. The van der Waals surface area contributed by atoms with Crippen LogP contribution in [0.5, 0.6) is 0 Å². The van der Waals surface area contributed by atoms with Crippen molar-refractivity contribution in [2.24, 2.45) is 5.92 Å². The molecule has 2 aromatic carbocycles. The molecule has 1 heterocycles. The van der Waals surface area contributed by atoms with Gasteiger partial charge in [-0.1, -0.05) is 53.6 Å². The Bertz CT molecular complexity index is 866. The van der Waals surface area contributed by atoms with Crippen LogP contribution in [0.3, 0.4) is 0 Å². The van der Waals surface area contributed by atoms with E-state index in [1.54, 1.807) is 12.1 Å². The van der Waals surface area contributed by atoms with E-state index in [1.165, 1.54) is 5.56 Å².